The fraction of sp³-hybridized carbons (Fsp3) is 0.385. The van der Waals surface area contributed by atoms with E-state index in [4.69, 9.17) is 0 Å². The number of hydrogen-bond donors (Lipinski definition) is 2. The van der Waals surface area contributed by atoms with E-state index < -0.39 is 10.0 Å². The first-order valence-electron chi connectivity index (χ1n) is 6.05. The van der Waals surface area contributed by atoms with Crippen molar-refractivity contribution < 1.29 is 8.42 Å². The minimum atomic E-state index is -3.35. The van der Waals surface area contributed by atoms with Gasteiger partial charge in [-0.05, 0) is 37.6 Å². The van der Waals surface area contributed by atoms with Crippen molar-refractivity contribution in [2.75, 3.05) is 18.4 Å². The summed E-state index contributed by atoms with van der Waals surface area (Å²) in [6.07, 6.45) is 5.04. The maximum atomic E-state index is 11.7. The van der Waals surface area contributed by atoms with E-state index in [9.17, 15) is 8.42 Å². The van der Waals surface area contributed by atoms with Crippen LogP contribution in [-0.2, 0) is 10.0 Å². The number of rotatable bonds is 7. The molecule has 0 radical (unpaired) electrons. The standard InChI is InChI=1S/C13H20N2O2S/c1-3-5-6-11-14-12-7-9-13(10-8-12)18(16,17)15-4-2/h3,5,7-10,14-15H,4,6,11H2,1-2H3/b5-3+. The second-order valence-corrected chi connectivity index (χ2v) is 5.58. The van der Waals surface area contributed by atoms with Crippen LogP contribution in [0.2, 0.25) is 0 Å². The number of nitrogens with one attached hydrogen (secondary N) is 2. The summed E-state index contributed by atoms with van der Waals surface area (Å²) in [7, 11) is -3.35. The molecule has 0 aromatic heterocycles. The van der Waals surface area contributed by atoms with Crippen LogP contribution in [-0.4, -0.2) is 21.5 Å². The van der Waals surface area contributed by atoms with Crippen LogP contribution in [0.15, 0.2) is 41.3 Å². The Morgan fingerprint density at radius 1 is 1.22 bits per heavy atom. The van der Waals surface area contributed by atoms with E-state index in [2.05, 4.69) is 16.1 Å². The van der Waals surface area contributed by atoms with Gasteiger partial charge in [0.05, 0.1) is 4.90 Å². The lowest BCUT2D eigenvalue weighted by molar-refractivity contribution is 0.584. The third-order valence-corrected chi connectivity index (χ3v) is 3.94. The number of allylic oxidation sites excluding steroid dienone is 1. The number of sulfonamides is 1. The molecule has 0 aliphatic rings. The first-order chi connectivity index (χ1) is 8.60. The Balaban J connectivity index is 2.63. The predicted octanol–water partition coefficient (Wildman–Crippen LogP) is 2.36. The molecule has 18 heavy (non-hydrogen) atoms. The molecule has 100 valence electrons. The maximum Gasteiger partial charge on any atom is 0.240 e. The highest BCUT2D eigenvalue weighted by atomic mass is 32.2. The van der Waals surface area contributed by atoms with Gasteiger partial charge in [0.1, 0.15) is 0 Å². The van der Waals surface area contributed by atoms with Gasteiger partial charge in [0.15, 0.2) is 0 Å². The SMILES string of the molecule is C/C=C/CCNc1ccc(S(=O)(=O)NCC)cc1. The van der Waals surface area contributed by atoms with Gasteiger partial charge in [0, 0.05) is 18.8 Å². The van der Waals surface area contributed by atoms with Crippen LogP contribution in [0.4, 0.5) is 5.69 Å². The van der Waals surface area contributed by atoms with E-state index in [1.165, 1.54) is 0 Å². The van der Waals surface area contributed by atoms with Crippen LogP contribution in [0.1, 0.15) is 20.3 Å². The Labute approximate surface area is 109 Å². The lowest BCUT2D eigenvalue weighted by Gasteiger charge is -2.07. The summed E-state index contributed by atoms with van der Waals surface area (Å²) >= 11 is 0. The molecule has 2 N–H and O–H groups in total. The third-order valence-electron chi connectivity index (χ3n) is 2.37. The van der Waals surface area contributed by atoms with Gasteiger partial charge in [-0.3, -0.25) is 0 Å². The zero-order chi connectivity index (χ0) is 13.4. The van der Waals surface area contributed by atoms with Gasteiger partial charge in [-0.15, -0.1) is 0 Å². The number of benzene rings is 1. The average molecular weight is 268 g/mol. The molecule has 0 fully saturated rings. The quantitative estimate of drug-likeness (QED) is 0.589. The fourth-order valence-electron chi connectivity index (χ4n) is 1.49. The summed E-state index contributed by atoms with van der Waals surface area (Å²) in [6, 6.07) is 6.77. The van der Waals surface area contributed by atoms with Crippen molar-refractivity contribution in [3.8, 4) is 0 Å². The average Bonchev–Trinajstić information content (AvgIpc) is 2.35. The van der Waals surface area contributed by atoms with Crippen molar-refractivity contribution in [2.45, 2.75) is 25.2 Å². The lowest BCUT2D eigenvalue weighted by atomic mass is 10.3. The monoisotopic (exact) mass is 268 g/mol. The molecule has 0 spiro atoms. The van der Waals surface area contributed by atoms with E-state index in [-0.39, 0.29) is 0 Å². The largest absolute Gasteiger partial charge is 0.385 e. The van der Waals surface area contributed by atoms with Gasteiger partial charge < -0.3 is 5.32 Å². The number of anilines is 1. The summed E-state index contributed by atoms with van der Waals surface area (Å²) in [5.41, 5.74) is 0.926. The van der Waals surface area contributed by atoms with Crippen LogP contribution >= 0.6 is 0 Å². The van der Waals surface area contributed by atoms with Gasteiger partial charge in [-0.1, -0.05) is 19.1 Å². The summed E-state index contributed by atoms with van der Waals surface area (Å²) in [4.78, 5) is 0.295. The molecular weight excluding hydrogens is 248 g/mol. The van der Waals surface area contributed by atoms with Crippen LogP contribution in [0, 0.1) is 0 Å². The molecule has 0 saturated carbocycles. The van der Waals surface area contributed by atoms with Crippen molar-refractivity contribution >= 4 is 15.7 Å². The van der Waals surface area contributed by atoms with Crippen LogP contribution in [0.25, 0.3) is 0 Å². The second kappa shape index (κ2) is 7.18. The predicted molar refractivity (Wildman–Crippen MR) is 75.2 cm³/mol. The Morgan fingerprint density at radius 2 is 1.89 bits per heavy atom. The molecule has 0 atom stereocenters. The van der Waals surface area contributed by atoms with Crippen LogP contribution in [0.3, 0.4) is 0 Å². The number of hydrogen-bond acceptors (Lipinski definition) is 3. The summed E-state index contributed by atoms with van der Waals surface area (Å²) < 4.78 is 25.9. The van der Waals surface area contributed by atoms with Crippen molar-refractivity contribution in [1.82, 2.24) is 4.72 Å². The molecule has 0 aliphatic carbocycles. The zero-order valence-corrected chi connectivity index (χ0v) is 11.6. The van der Waals surface area contributed by atoms with E-state index in [1.807, 2.05) is 13.0 Å². The fourth-order valence-corrected chi connectivity index (χ4v) is 2.53. The molecule has 5 heteroatoms. The van der Waals surface area contributed by atoms with Gasteiger partial charge in [0.25, 0.3) is 0 Å². The molecule has 1 rings (SSSR count). The lowest BCUT2D eigenvalue weighted by Crippen LogP contribution is -2.23. The molecule has 4 nitrogen and oxygen atoms in total. The van der Waals surface area contributed by atoms with Gasteiger partial charge in [0.2, 0.25) is 10.0 Å². The Morgan fingerprint density at radius 3 is 2.44 bits per heavy atom. The Kier molecular flexibility index (Phi) is 5.88. The third kappa shape index (κ3) is 4.50. The first-order valence-corrected chi connectivity index (χ1v) is 7.53. The minimum Gasteiger partial charge on any atom is -0.385 e. The topological polar surface area (TPSA) is 58.2 Å². The highest BCUT2D eigenvalue weighted by molar-refractivity contribution is 7.89. The molecule has 0 bridgehead atoms. The van der Waals surface area contributed by atoms with E-state index in [0.717, 1.165) is 18.7 Å². The van der Waals surface area contributed by atoms with Crippen molar-refractivity contribution in [1.29, 1.82) is 0 Å². The molecule has 0 amide bonds. The minimum absolute atomic E-state index is 0.295. The van der Waals surface area contributed by atoms with Gasteiger partial charge in [-0.2, -0.15) is 0 Å². The van der Waals surface area contributed by atoms with E-state index in [1.54, 1.807) is 31.2 Å². The first kappa shape index (κ1) is 14.7. The Bertz CT molecular complexity index is 478. The van der Waals surface area contributed by atoms with Crippen molar-refractivity contribution in [2.24, 2.45) is 0 Å². The van der Waals surface area contributed by atoms with Crippen molar-refractivity contribution in [3.63, 3.8) is 0 Å². The molecule has 0 saturated heterocycles. The Hall–Kier alpha value is -1.33. The van der Waals surface area contributed by atoms with E-state index >= 15 is 0 Å². The summed E-state index contributed by atoms with van der Waals surface area (Å²) in [5, 5.41) is 3.22. The van der Waals surface area contributed by atoms with Gasteiger partial charge >= 0.3 is 0 Å². The molecule has 0 unspecified atom stereocenters. The summed E-state index contributed by atoms with van der Waals surface area (Å²) in [5.74, 6) is 0. The van der Waals surface area contributed by atoms with Crippen LogP contribution in [0.5, 0.6) is 0 Å². The molecule has 0 aliphatic heterocycles. The van der Waals surface area contributed by atoms with E-state index in [0.29, 0.717) is 11.4 Å². The molecule has 0 heterocycles. The highest BCUT2D eigenvalue weighted by Gasteiger charge is 2.11. The van der Waals surface area contributed by atoms with Crippen LogP contribution < -0.4 is 10.0 Å². The molecule has 1 aromatic rings. The summed E-state index contributed by atoms with van der Waals surface area (Å²) in [6.45, 7) is 4.98. The second-order valence-electron chi connectivity index (χ2n) is 3.81. The zero-order valence-electron chi connectivity index (χ0n) is 10.8. The molecular formula is C13H20N2O2S. The smallest absolute Gasteiger partial charge is 0.240 e. The normalized spacial score (nSPS) is 11.9. The maximum absolute atomic E-state index is 11.7. The highest BCUT2D eigenvalue weighted by Crippen LogP contribution is 2.13. The van der Waals surface area contributed by atoms with Gasteiger partial charge in [-0.25, -0.2) is 13.1 Å². The van der Waals surface area contributed by atoms with Crippen molar-refractivity contribution in [3.05, 3.63) is 36.4 Å². The molecule has 1 aromatic carbocycles.